The Morgan fingerprint density at radius 2 is 2.18 bits per heavy atom. The number of nitrogens with one attached hydrogen (secondary N) is 1. The molecule has 0 radical (unpaired) electrons. The molecule has 0 saturated heterocycles. The number of amides is 2. The Balaban J connectivity index is 2.32. The van der Waals surface area contributed by atoms with Gasteiger partial charge in [-0.15, -0.1) is 0 Å². The van der Waals surface area contributed by atoms with Crippen LogP contribution in [-0.4, -0.2) is 21.4 Å². The first-order chi connectivity index (χ1) is 10.5. The third-order valence-corrected chi connectivity index (χ3v) is 3.30. The Morgan fingerprint density at radius 1 is 1.41 bits per heavy atom. The molecule has 0 atom stereocenters. The highest BCUT2D eigenvalue weighted by molar-refractivity contribution is 6.30. The third-order valence-electron chi connectivity index (χ3n) is 3.07. The summed E-state index contributed by atoms with van der Waals surface area (Å²) in [7, 11) is 0. The molecule has 0 fully saturated rings. The number of aromatic nitrogens is 2. The second-order valence-electron chi connectivity index (χ2n) is 4.85. The van der Waals surface area contributed by atoms with Crippen molar-refractivity contribution in [1.29, 1.82) is 0 Å². The van der Waals surface area contributed by atoms with Gasteiger partial charge in [0.05, 0.1) is 12.7 Å². The SMILES string of the molecule is CCCC(=O)Nc1ncc(C(N)=O)n1Cc1cccc(Cl)c1. The maximum absolute atomic E-state index is 11.7. The van der Waals surface area contributed by atoms with E-state index in [9.17, 15) is 9.59 Å². The second kappa shape index (κ2) is 7.09. The first-order valence-corrected chi connectivity index (χ1v) is 7.28. The van der Waals surface area contributed by atoms with Gasteiger partial charge in [-0.25, -0.2) is 4.98 Å². The summed E-state index contributed by atoms with van der Waals surface area (Å²) in [6, 6.07) is 7.23. The van der Waals surface area contributed by atoms with Gasteiger partial charge in [-0.2, -0.15) is 0 Å². The summed E-state index contributed by atoms with van der Waals surface area (Å²) in [5, 5.41) is 3.29. The van der Waals surface area contributed by atoms with Crippen LogP contribution in [0.2, 0.25) is 5.02 Å². The molecule has 1 heterocycles. The fraction of sp³-hybridized carbons (Fsp3) is 0.267. The van der Waals surface area contributed by atoms with Gasteiger partial charge in [0.1, 0.15) is 5.69 Å². The van der Waals surface area contributed by atoms with E-state index in [1.54, 1.807) is 16.7 Å². The van der Waals surface area contributed by atoms with Crippen molar-refractivity contribution in [2.45, 2.75) is 26.3 Å². The smallest absolute Gasteiger partial charge is 0.267 e. The van der Waals surface area contributed by atoms with E-state index in [4.69, 9.17) is 17.3 Å². The van der Waals surface area contributed by atoms with E-state index in [0.717, 1.165) is 12.0 Å². The van der Waals surface area contributed by atoms with Crippen molar-refractivity contribution in [1.82, 2.24) is 9.55 Å². The lowest BCUT2D eigenvalue weighted by Crippen LogP contribution is -2.21. The van der Waals surface area contributed by atoms with Gasteiger partial charge in [0.15, 0.2) is 0 Å². The summed E-state index contributed by atoms with van der Waals surface area (Å²) in [4.78, 5) is 27.4. The molecule has 0 aliphatic rings. The third kappa shape index (κ3) is 3.85. The molecule has 1 aromatic heterocycles. The number of benzene rings is 1. The molecule has 3 N–H and O–H groups in total. The van der Waals surface area contributed by atoms with E-state index in [1.165, 1.54) is 6.20 Å². The molecule has 0 spiro atoms. The van der Waals surface area contributed by atoms with Crippen LogP contribution in [0.4, 0.5) is 5.95 Å². The summed E-state index contributed by atoms with van der Waals surface area (Å²) in [5.41, 5.74) is 6.46. The standard InChI is InChI=1S/C15H17ClN4O2/c1-2-4-13(21)19-15-18-8-12(14(17)22)20(15)9-10-5-3-6-11(16)7-10/h3,5-8H,2,4,9H2,1H3,(H2,17,22)(H,18,19,21). The summed E-state index contributed by atoms with van der Waals surface area (Å²) in [6.07, 6.45) is 2.47. The van der Waals surface area contributed by atoms with Crippen molar-refractivity contribution in [2.75, 3.05) is 5.32 Å². The molecular formula is C15H17ClN4O2. The zero-order valence-electron chi connectivity index (χ0n) is 12.2. The van der Waals surface area contributed by atoms with Gasteiger partial charge < -0.3 is 10.3 Å². The Kier molecular flexibility index (Phi) is 5.16. The Hall–Kier alpha value is -2.34. The van der Waals surface area contributed by atoms with Crippen molar-refractivity contribution in [3.8, 4) is 0 Å². The normalized spacial score (nSPS) is 10.5. The topological polar surface area (TPSA) is 90.0 Å². The molecule has 22 heavy (non-hydrogen) atoms. The summed E-state index contributed by atoms with van der Waals surface area (Å²) >= 11 is 5.97. The number of carbonyl (C=O) groups is 2. The zero-order valence-corrected chi connectivity index (χ0v) is 12.9. The van der Waals surface area contributed by atoms with Crippen LogP contribution in [0.3, 0.4) is 0 Å². The Morgan fingerprint density at radius 3 is 2.82 bits per heavy atom. The molecule has 2 aromatic rings. The van der Waals surface area contributed by atoms with E-state index in [2.05, 4.69) is 10.3 Å². The van der Waals surface area contributed by atoms with Crippen LogP contribution in [0.15, 0.2) is 30.5 Å². The molecule has 116 valence electrons. The van der Waals surface area contributed by atoms with E-state index in [-0.39, 0.29) is 11.6 Å². The van der Waals surface area contributed by atoms with E-state index in [1.807, 2.05) is 19.1 Å². The monoisotopic (exact) mass is 320 g/mol. The Labute approximate surface area is 133 Å². The highest BCUT2D eigenvalue weighted by atomic mass is 35.5. The number of hydrogen-bond donors (Lipinski definition) is 2. The minimum absolute atomic E-state index is 0.156. The van der Waals surface area contributed by atoms with Crippen LogP contribution in [-0.2, 0) is 11.3 Å². The number of rotatable bonds is 6. The average Bonchev–Trinajstić information content (AvgIpc) is 2.82. The largest absolute Gasteiger partial charge is 0.364 e. The van der Waals surface area contributed by atoms with Crippen LogP contribution in [0.5, 0.6) is 0 Å². The maximum atomic E-state index is 11.7. The van der Waals surface area contributed by atoms with Crippen molar-refractivity contribution in [2.24, 2.45) is 5.73 Å². The molecule has 7 heteroatoms. The molecule has 2 rings (SSSR count). The number of carbonyl (C=O) groups excluding carboxylic acids is 2. The van der Waals surface area contributed by atoms with Crippen LogP contribution < -0.4 is 11.1 Å². The highest BCUT2D eigenvalue weighted by Gasteiger charge is 2.16. The quantitative estimate of drug-likeness (QED) is 0.856. The van der Waals surface area contributed by atoms with Crippen LogP contribution >= 0.6 is 11.6 Å². The highest BCUT2D eigenvalue weighted by Crippen LogP contribution is 2.17. The first kappa shape index (κ1) is 16.0. The molecule has 0 bridgehead atoms. The summed E-state index contributed by atoms with van der Waals surface area (Å²) in [6.45, 7) is 2.24. The van der Waals surface area contributed by atoms with Crippen LogP contribution in [0.1, 0.15) is 35.8 Å². The van der Waals surface area contributed by atoms with Gasteiger partial charge >= 0.3 is 0 Å². The lowest BCUT2D eigenvalue weighted by molar-refractivity contribution is -0.116. The number of halogens is 1. The summed E-state index contributed by atoms with van der Waals surface area (Å²) < 4.78 is 1.57. The van der Waals surface area contributed by atoms with Crippen molar-refractivity contribution in [3.63, 3.8) is 0 Å². The molecule has 0 unspecified atom stereocenters. The van der Waals surface area contributed by atoms with Crippen molar-refractivity contribution < 1.29 is 9.59 Å². The van der Waals surface area contributed by atoms with Gasteiger partial charge in [0.25, 0.3) is 5.91 Å². The fourth-order valence-corrected chi connectivity index (χ4v) is 2.28. The van der Waals surface area contributed by atoms with Gasteiger partial charge in [-0.3, -0.25) is 14.9 Å². The maximum Gasteiger partial charge on any atom is 0.267 e. The van der Waals surface area contributed by atoms with Gasteiger partial charge in [0, 0.05) is 11.4 Å². The zero-order chi connectivity index (χ0) is 16.1. The van der Waals surface area contributed by atoms with E-state index in [0.29, 0.717) is 23.9 Å². The second-order valence-corrected chi connectivity index (χ2v) is 5.28. The molecule has 6 nitrogen and oxygen atoms in total. The van der Waals surface area contributed by atoms with Crippen LogP contribution in [0.25, 0.3) is 0 Å². The van der Waals surface area contributed by atoms with Gasteiger partial charge in [0.2, 0.25) is 11.9 Å². The molecule has 0 aliphatic heterocycles. The molecule has 2 amide bonds. The lowest BCUT2D eigenvalue weighted by atomic mass is 10.2. The van der Waals surface area contributed by atoms with Gasteiger partial charge in [-0.1, -0.05) is 30.7 Å². The van der Waals surface area contributed by atoms with Crippen LogP contribution in [0, 0.1) is 0 Å². The van der Waals surface area contributed by atoms with E-state index >= 15 is 0 Å². The minimum atomic E-state index is -0.606. The Bertz CT molecular complexity index is 697. The number of primary amides is 1. The van der Waals surface area contributed by atoms with Crippen molar-refractivity contribution in [3.05, 3.63) is 46.7 Å². The number of hydrogen-bond acceptors (Lipinski definition) is 3. The first-order valence-electron chi connectivity index (χ1n) is 6.91. The van der Waals surface area contributed by atoms with E-state index < -0.39 is 5.91 Å². The lowest BCUT2D eigenvalue weighted by Gasteiger charge is -2.11. The molecule has 0 saturated carbocycles. The minimum Gasteiger partial charge on any atom is -0.364 e. The predicted octanol–water partition coefficient (Wildman–Crippen LogP) is 2.42. The number of nitrogens with two attached hydrogens (primary N) is 1. The number of imidazole rings is 1. The number of anilines is 1. The molecule has 1 aromatic carbocycles. The number of nitrogens with zero attached hydrogens (tertiary/aromatic N) is 2. The van der Waals surface area contributed by atoms with Gasteiger partial charge in [-0.05, 0) is 24.1 Å². The molecular weight excluding hydrogens is 304 g/mol. The summed E-state index contributed by atoms with van der Waals surface area (Å²) in [5.74, 6) is -0.464. The fourth-order valence-electron chi connectivity index (χ4n) is 2.06. The van der Waals surface area contributed by atoms with Crippen molar-refractivity contribution >= 4 is 29.4 Å². The predicted molar refractivity (Wildman–Crippen MR) is 84.8 cm³/mol. The average molecular weight is 321 g/mol. The molecule has 0 aliphatic carbocycles.